The Bertz CT molecular complexity index is 973. The predicted octanol–water partition coefficient (Wildman–Crippen LogP) is 4.68. The highest BCUT2D eigenvalue weighted by molar-refractivity contribution is 5.83. The van der Waals surface area contributed by atoms with Gasteiger partial charge in [0.1, 0.15) is 0 Å². The third-order valence-electron chi connectivity index (χ3n) is 4.02. The van der Waals surface area contributed by atoms with Gasteiger partial charge in [-0.2, -0.15) is 0 Å². The Labute approximate surface area is 129 Å². The Kier molecular flexibility index (Phi) is 3.08. The number of pyridine rings is 2. The molecule has 0 radical (unpaired) electrons. The van der Waals surface area contributed by atoms with E-state index < -0.39 is 0 Å². The molecule has 0 saturated heterocycles. The summed E-state index contributed by atoms with van der Waals surface area (Å²) in [5, 5.41) is 4.85. The number of nitrogens with zero attached hydrogens (tertiary/aromatic N) is 2. The molecule has 0 fully saturated rings. The van der Waals surface area contributed by atoms with Gasteiger partial charge in [-0.05, 0) is 41.5 Å². The van der Waals surface area contributed by atoms with Gasteiger partial charge in [0.15, 0.2) is 0 Å². The average molecular weight is 284 g/mol. The summed E-state index contributed by atoms with van der Waals surface area (Å²) in [7, 11) is 0. The van der Waals surface area contributed by atoms with Crippen molar-refractivity contribution in [3.8, 4) is 0 Å². The molecule has 2 heteroatoms. The smallest absolute Gasteiger partial charge is 0.0453 e. The maximum Gasteiger partial charge on any atom is 0.0453 e. The number of hydrogen-bond acceptors (Lipinski definition) is 2. The van der Waals surface area contributed by atoms with Crippen LogP contribution < -0.4 is 0 Å². The zero-order valence-electron chi connectivity index (χ0n) is 12.5. The Morgan fingerprint density at radius 1 is 0.773 bits per heavy atom. The summed E-state index contributed by atoms with van der Waals surface area (Å²) in [6, 6.07) is 17.2. The maximum atomic E-state index is 4.60. The molecule has 0 aliphatic heterocycles. The molecule has 4 aromatic rings. The normalized spacial score (nSPS) is 11.1. The molecule has 0 amide bonds. The first-order valence-corrected chi connectivity index (χ1v) is 7.46. The van der Waals surface area contributed by atoms with Crippen LogP contribution >= 0.6 is 0 Å². The van der Waals surface area contributed by atoms with Crippen molar-refractivity contribution in [3.63, 3.8) is 0 Å². The molecule has 0 unspecified atom stereocenters. The van der Waals surface area contributed by atoms with Crippen molar-refractivity contribution in [1.82, 2.24) is 9.97 Å². The van der Waals surface area contributed by atoms with Crippen LogP contribution in [0.4, 0.5) is 0 Å². The number of aryl methyl sites for hydroxylation is 1. The highest BCUT2D eigenvalue weighted by Crippen LogP contribution is 2.20. The van der Waals surface area contributed by atoms with E-state index >= 15 is 0 Å². The number of rotatable bonds is 2. The standard InChI is InChI=1S/C20H16N2/c1-14-2-4-17-13-22-20(11-18(17)8-14)10-15-3-5-16-6-7-21-12-19(16)9-15/h2-9,11-13H,10H2,1H3. The summed E-state index contributed by atoms with van der Waals surface area (Å²) in [5.74, 6) is 0. The topological polar surface area (TPSA) is 25.8 Å². The molecule has 0 bridgehead atoms. The molecule has 0 aliphatic carbocycles. The van der Waals surface area contributed by atoms with Crippen LogP contribution in [0.1, 0.15) is 16.8 Å². The Morgan fingerprint density at radius 2 is 1.68 bits per heavy atom. The van der Waals surface area contributed by atoms with Gasteiger partial charge in [-0.1, -0.05) is 35.9 Å². The molecule has 4 rings (SSSR count). The van der Waals surface area contributed by atoms with E-state index in [1.807, 2.05) is 24.7 Å². The van der Waals surface area contributed by atoms with Crippen molar-refractivity contribution in [2.45, 2.75) is 13.3 Å². The minimum absolute atomic E-state index is 0.842. The summed E-state index contributed by atoms with van der Waals surface area (Å²) >= 11 is 0. The quantitative estimate of drug-likeness (QED) is 0.534. The molecule has 0 spiro atoms. The van der Waals surface area contributed by atoms with Gasteiger partial charge >= 0.3 is 0 Å². The van der Waals surface area contributed by atoms with Gasteiger partial charge in [0.05, 0.1) is 0 Å². The van der Waals surface area contributed by atoms with Gasteiger partial charge in [-0.3, -0.25) is 9.97 Å². The van der Waals surface area contributed by atoms with Crippen molar-refractivity contribution in [1.29, 1.82) is 0 Å². The maximum absolute atomic E-state index is 4.60. The molecule has 0 aliphatic rings. The minimum atomic E-state index is 0.842. The lowest BCUT2D eigenvalue weighted by molar-refractivity contribution is 1.09. The van der Waals surface area contributed by atoms with Gasteiger partial charge in [0.2, 0.25) is 0 Å². The van der Waals surface area contributed by atoms with Crippen LogP contribution in [0.3, 0.4) is 0 Å². The third kappa shape index (κ3) is 2.44. The second-order valence-electron chi connectivity index (χ2n) is 5.76. The van der Waals surface area contributed by atoms with Crippen LogP contribution in [0.25, 0.3) is 21.5 Å². The van der Waals surface area contributed by atoms with E-state index in [4.69, 9.17) is 0 Å². The zero-order chi connectivity index (χ0) is 14.9. The van der Waals surface area contributed by atoms with Crippen LogP contribution in [0.15, 0.2) is 67.1 Å². The second kappa shape index (κ2) is 5.23. The van der Waals surface area contributed by atoms with Crippen molar-refractivity contribution in [2.24, 2.45) is 0 Å². The lowest BCUT2D eigenvalue weighted by Gasteiger charge is -2.06. The Morgan fingerprint density at radius 3 is 2.64 bits per heavy atom. The van der Waals surface area contributed by atoms with E-state index in [1.165, 1.54) is 32.7 Å². The van der Waals surface area contributed by atoms with E-state index in [9.17, 15) is 0 Å². The molecular weight excluding hydrogens is 268 g/mol. The van der Waals surface area contributed by atoms with Crippen molar-refractivity contribution in [2.75, 3.05) is 0 Å². The number of fused-ring (bicyclic) bond motifs is 2. The monoisotopic (exact) mass is 284 g/mol. The SMILES string of the molecule is Cc1ccc2cnc(Cc3ccc4ccncc4c3)cc2c1. The summed E-state index contributed by atoms with van der Waals surface area (Å²) in [4.78, 5) is 8.79. The largest absolute Gasteiger partial charge is 0.264 e. The van der Waals surface area contributed by atoms with E-state index in [0.717, 1.165) is 12.1 Å². The Hall–Kier alpha value is -2.74. The van der Waals surface area contributed by atoms with Crippen LogP contribution in [0.5, 0.6) is 0 Å². The van der Waals surface area contributed by atoms with Crippen LogP contribution in [0, 0.1) is 6.92 Å². The van der Waals surface area contributed by atoms with Crippen LogP contribution in [-0.2, 0) is 6.42 Å². The Balaban J connectivity index is 1.72. The van der Waals surface area contributed by atoms with Crippen molar-refractivity contribution < 1.29 is 0 Å². The molecule has 2 heterocycles. The molecule has 2 aromatic heterocycles. The number of aromatic nitrogens is 2. The molecule has 2 aromatic carbocycles. The van der Waals surface area contributed by atoms with Crippen LogP contribution in [0.2, 0.25) is 0 Å². The van der Waals surface area contributed by atoms with E-state index in [-0.39, 0.29) is 0 Å². The first kappa shape index (κ1) is 13.0. The fourth-order valence-corrected chi connectivity index (χ4v) is 2.86. The molecule has 0 saturated carbocycles. The lowest BCUT2D eigenvalue weighted by atomic mass is 10.0. The van der Waals surface area contributed by atoms with Gasteiger partial charge < -0.3 is 0 Å². The fraction of sp³-hybridized carbons (Fsp3) is 0.100. The fourth-order valence-electron chi connectivity index (χ4n) is 2.86. The van der Waals surface area contributed by atoms with E-state index in [1.54, 1.807) is 0 Å². The van der Waals surface area contributed by atoms with Gasteiger partial charge in [-0.25, -0.2) is 0 Å². The predicted molar refractivity (Wildman–Crippen MR) is 91.0 cm³/mol. The van der Waals surface area contributed by atoms with E-state index in [0.29, 0.717) is 0 Å². The number of hydrogen-bond donors (Lipinski definition) is 0. The molecule has 0 atom stereocenters. The lowest BCUT2D eigenvalue weighted by Crippen LogP contribution is -1.92. The first-order chi connectivity index (χ1) is 10.8. The molecule has 0 N–H and O–H groups in total. The van der Waals surface area contributed by atoms with E-state index in [2.05, 4.69) is 59.4 Å². The molecular formula is C20H16N2. The third-order valence-corrected chi connectivity index (χ3v) is 4.02. The first-order valence-electron chi connectivity index (χ1n) is 7.46. The van der Waals surface area contributed by atoms with Gasteiger partial charge in [-0.15, -0.1) is 0 Å². The summed E-state index contributed by atoms with van der Waals surface area (Å²) < 4.78 is 0. The van der Waals surface area contributed by atoms with Gasteiger partial charge in [0, 0.05) is 41.5 Å². The second-order valence-corrected chi connectivity index (χ2v) is 5.76. The van der Waals surface area contributed by atoms with Crippen molar-refractivity contribution in [3.05, 3.63) is 83.9 Å². The summed E-state index contributed by atoms with van der Waals surface area (Å²) in [6.45, 7) is 2.12. The minimum Gasteiger partial charge on any atom is -0.264 e. The molecule has 2 nitrogen and oxygen atoms in total. The molecule has 106 valence electrons. The summed E-state index contributed by atoms with van der Waals surface area (Å²) in [6.07, 6.45) is 6.55. The van der Waals surface area contributed by atoms with Gasteiger partial charge in [0.25, 0.3) is 0 Å². The van der Waals surface area contributed by atoms with Crippen LogP contribution in [-0.4, -0.2) is 9.97 Å². The number of benzene rings is 2. The molecule has 22 heavy (non-hydrogen) atoms. The summed E-state index contributed by atoms with van der Waals surface area (Å²) in [5.41, 5.74) is 3.64. The van der Waals surface area contributed by atoms with Crippen molar-refractivity contribution >= 4 is 21.5 Å². The zero-order valence-corrected chi connectivity index (χ0v) is 12.5. The highest BCUT2D eigenvalue weighted by atomic mass is 14.7. The average Bonchev–Trinajstić information content (AvgIpc) is 2.54. The highest BCUT2D eigenvalue weighted by Gasteiger charge is 2.02.